The zero-order valence-electron chi connectivity index (χ0n) is 20.9. The molecule has 0 aliphatic rings. The molecule has 0 bridgehead atoms. The Morgan fingerprint density at radius 2 is 1.57 bits per heavy atom. The van der Waals surface area contributed by atoms with Crippen LogP contribution in [-0.2, 0) is 4.79 Å². The van der Waals surface area contributed by atoms with Gasteiger partial charge >= 0.3 is 5.97 Å². The van der Waals surface area contributed by atoms with E-state index >= 15 is 0 Å². The van der Waals surface area contributed by atoms with Crippen molar-refractivity contribution >= 4 is 34.0 Å². The molecule has 0 aliphatic carbocycles. The number of halogens is 1. The topological polar surface area (TPSA) is 77.0 Å². The van der Waals surface area contributed by atoms with Gasteiger partial charge in [-0.05, 0) is 55.8 Å². The third kappa shape index (κ3) is 11.5. The van der Waals surface area contributed by atoms with Gasteiger partial charge in [0.2, 0.25) is 5.91 Å². The molecule has 0 heterocycles. The summed E-state index contributed by atoms with van der Waals surface area (Å²) in [6.07, 6.45) is 12.8. The van der Waals surface area contributed by atoms with Crippen molar-refractivity contribution in [2.75, 3.05) is 6.61 Å². The molecule has 0 atom stereocenters. The first-order valence-electron chi connectivity index (χ1n) is 12.6. The molecule has 1 N–H and O–H groups in total. The van der Waals surface area contributed by atoms with Crippen molar-refractivity contribution in [3.8, 4) is 11.5 Å². The highest BCUT2D eigenvalue weighted by molar-refractivity contribution is 9.10. The summed E-state index contributed by atoms with van der Waals surface area (Å²) in [6.45, 7) is 4.69. The molecule has 35 heavy (non-hydrogen) atoms. The van der Waals surface area contributed by atoms with Gasteiger partial charge in [-0.1, -0.05) is 74.2 Å². The van der Waals surface area contributed by atoms with E-state index in [4.69, 9.17) is 9.47 Å². The van der Waals surface area contributed by atoms with Crippen molar-refractivity contribution in [2.45, 2.75) is 78.1 Å². The fraction of sp³-hybridized carbons (Fsp3) is 0.464. The summed E-state index contributed by atoms with van der Waals surface area (Å²) < 4.78 is 11.8. The third-order valence-corrected chi connectivity index (χ3v) is 5.97. The SMILES string of the molecule is CCCCCCCCCCCC(=O)N/N=C\c1cc(Br)ccc1OC(=O)c1ccc(OCC)cc1. The smallest absolute Gasteiger partial charge is 0.343 e. The summed E-state index contributed by atoms with van der Waals surface area (Å²) in [5.41, 5.74) is 3.55. The standard InChI is InChI=1S/C28H37BrN2O4/c1-3-5-6-7-8-9-10-11-12-13-27(32)31-30-21-23-20-24(29)16-19-26(23)35-28(33)22-14-17-25(18-15-22)34-4-2/h14-21H,3-13H2,1-2H3,(H,31,32)/b30-21-. The number of ether oxygens (including phenoxy) is 2. The highest BCUT2D eigenvalue weighted by atomic mass is 79.9. The second kappa shape index (κ2) is 16.9. The Kier molecular flexibility index (Phi) is 13.8. The quantitative estimate of drug-likeness (QED) is 0.0782. The van der Waals surface area contributed by atoms with Gasteiger partial charge in [-0.25, -0.2) is 10.2 Å². The van der Waals surface area contributed by atoms with Gasteiger partial charge in [0.1, 0.15) is 11.5 Å². The molecule has 1 amide bonds. The van der Waals surface area contributed by atoms with Crippen molar-refractivity contribution in [3.05, 3.63) is 58.1 Å². The monoisotopic (exact) mass is 544 g/mol. The average Bonchev–Trinajstić information content (AvgIpc) is 2.85. The molecule has 0 saturated carbocycles. The van der Waals surface area contributed by atoms with E-state index in [1.54, 1.807) is 42.5 Å². The Labute approximate surface area is 217 Å². The van der Waals surface area contributed by atoms with E-state index < -0.39 is 5.97 Å². The lowest BCUT2D eigenvalue weighted by molar-refractivity contribution is -0.121. The van der Waals surface area contributed by atoms with Crippen molar-refractivity contribution in [1.29, 1.82) is 0 Å². The molecule has 0 fully saturated rings. The Morgan fingerprint density at radius 3 is 2.23 bits per heavy atom. The molecule has 0 radical (unpaired) electrons. The van der Waals surface area contributed by atoms with E-state index in [2.05, 4.69) is 33.4 Å². The van der Waals surface area contributed by atoms with Crippen LogP contribution in [0.15, 0.2) is 52.0 Å². The van der Waals surface area contributed by atoms with Gasteiger partial charge in [-0.2, -0.15) is 5.10 Å². The molecule has 0 spiro atoms. The van der Waals surface area contributed by atoms with Crippen LogP contribution < -0.4 is 14.9 Å². The number of nitrogens with zero attached hydrogens (tertiary/aromatic N) is 1. The van der Waals surface area contributed by atoms with Crippen LogP contribution >= 0.6 is 15.9 Å². The van der Waals surface area contributed by atoms with E-state index in [1.165, 1.54) is 51.2 Å². The number of hydrogen-bond donors (Lipinski definition) is 1. The number of carbonyl (C=O) groups excluding carboxylic acids is 2. The maximum Gasteiger partial charge on any atom is 0.343 e. The van der Waals surface area contributed by atoms with Crippen molar-refractivity contribution < 1.29 is 19.1 Å². The first-order chi connectivity index (χ1) is 17.0. The third-order valence-electron chi connectivity index (χ3n) is 5.48. The first-order valence-corrected chi connectivity index (χ1v) is 13.4. The predicted octanol–water partition coefficient (Wildman–Crippen LogP) is 7.44. The van der Waals surface area contributed by atoms with E-state index in [1.807, 2.05) is 6.92 Å². The summed E-state index contributed by atoms with van der Waals surface area (Å²) in [5.74, 6) is 0.439. The lowest BCUT2D eigenvalue weighted by Gasteiger charge is -2.09. The largest absolute Gasteiger partial charge is 0.494 e. The number of hydrogen-bond acceptors (Lipinski definition) is 5. The number of carbonyl (C=O) groups is 2. The molecule has 0 saturated heterocycles. The molecule has 0 aromatic heterocycles. The maximum atomic E-state index is 12.6. The predicted molar refractivity (Wildman–Crippen MR) is 144 cm³/mol. The molecule has 2 rings (SSSR count). The molecular weight excluding hydrogens is 508 g/mol. The minimum absolute atomic E-state index is 0.118. The summed E-state index contributed by atoms with van der Waals surface area (Å²) in [5, 5.41) is 4.06. The zero-order valence-corrected chi connectivity index (χ0v) is 22.4. The highest BCUT2D eigenvalue weighted by Gasteiger charge is 2.12. The molecule has 2 aromatic carbocycles. The molecule has 2 aromatic rings. The Morgan fingerprint density at radius 1 is 0.914 bits per heavy atom. The minimum Gasteiger partial charge on any atom is -0.494 e. The number of hydrazone groups is 1. The molecular formula is C28H37BrN2O4. The summed E-state index contributed by atoms with van der Waals surface area (Å²) in [6, 6.07) is 12.0. The van der Waals surface area contributed by atoms with Crippen LogP contribution in [0.3, 0.4) is 0 Å². The Hall–Kier alpha value is -2.67. The second-order valence-corrected chi connectivity index (χ2v) is 9.32. The fourth-order valence-corrected chi connectivity index (χ4v) is 3.93. The van der Waals surface area contributed by atoms with Crippen LogP contribution in [0.5, 0.6) is 11.5 Å². The van der Waals surface area contributed by atoms with Gasteiger partial charge in [0.25, 0.3) is 0 Å². The van der Waals surface area contributed by atoms with Crippen LogP contribution in [0.1, 0.15) is 94.0 Å². The van der Waals surface area contributed by atoms with Crippen molar-refractivity contribution in [1.82, 2.24) is 5.43 Å². The molecule has 190 valence electrons. The highest BCUT2D eigenvalue weighted by Crippen LogP contribution is 2.23. The van der Waals surface area contributed by atoms with Crippen LogP contribution in [0.25, 0.3) is 0 Å². The fourth-order valence-electron chi connectivity index (χ4n) is 3.55. The summed E-state index contributed by atoms with van der Waals surface area (Å²) in [7, 11) is 0. The van der Waals surface area contributed by atoms with Gasteiger partial charge in [0.15, 0.2) is 0 Å². The number of amides is 1. The molecule has 6 nitrogen and oxygen atoms in total. The van der Waals surface area contributed by atoms with Gasteiger partial charge < -0.3 is 9.47 Å². The number of nitrogens with one attached hydrogen (secondary N) is 1. The van der Waals surface area contributed by atoms with Crippen molar-refractivity contribution in [3.63, 3.8) is 0 Å². The Bertz CT molecular complexity index is 944. The van der Waals surface area contributed by atoms with Crippen molar-refractivity contribution in [2.24, 2.45) is 5.10 Å². The van der Waals surface area contributed by atoms with Crippen LogP contribution in [0.4, 0.5) is 0 Å². The summed E-state index contributed by atoms with van der Waals surface area (Å²) in [4.78, 5) is 24.7. The number of benzene rings is 2. The molecule has 0 unspecified atom stereocenters. The van der Waals surface area contributed by atoms with Crippen LogP contribution in [0.2, 0.25) is 0 Å². The maximum absolute atomic E-state index is 12.6. The summed E-state index contributed by atoms with van der Waals surface area (Å²) >= 11 is 3.42. The lowest BCUT2D eigenvalue weighted by Crippen LogP contribution is -2.17. The molecule has 0 aliphatic heterocycles. The Balaban J connectivity index is 1.79. The van der Waals surface area contributed by atoms with E-state index in [0.29, 0.717) is 35.7 Å². The van der Waals surface area contributed by atoms with Gasteiger partial charge in [-0.3, -0.25) is 4.79 Å². The average molecular weight is 546 g/mol. The van der Waals surface area contributed by atoms with Gasteiger partial charge in [-0.15, -0.1) is 0 Å². The zero-order chi connectivity index (χ0) is 25.3. The minimum atomic E-state index is -0.487. The number of esters is 1. The van der Waals surface area contributed by atoms with Gasteiger partial charge in [0.05, 0.1) is 18.4 Å². The number of rotatable bonds is 16. The van der Waals surface area contributed by atoms with E-state index in [0.717, 1.165) is 17.3 Å². The first kappa shape index (κ1) is 28.6. The van der Waals surface area contributed by atoms with E-state index in [9.17, 15) is 9.59 Å². The van der Waals surface area contributed by atoms with Gasteiger partial charge in [0, 0.05) is 16.5 Å². The van der Waals surface area contributed by atoms with Crippen LogP contribution in [-0.4, -0.2) is 24.7 Å². The number of unbranched alkanes of at least 4 members (excludes halogenated alkanes) is 8. The van der Waals surface area contributed by atoms with E-state index in [-0.39, 0.29) is 5.91 Å². The second-order valence-electron chi connectivity index (χ2n) is 8.40. The molecule has 7 heteroatoms. The normalized spacial score (nSPS) is 10.9. The lowest BCUT2D eigenvalue weighted by atomic mass is 10.1. The van der Waals surface area contributed by atoms with Crippen LogP contribution in [0, 0.1) is 0 Å².